The van der Waals surface area contributed by atoms with E-state index in [9.17, 15) is 9.59 Å². The molecule has 1 rings (SSSR count). The lowest BCUT2D eigenvalue weighted by Gasteiger charge is -2.25. The molecule has 0 fully saturated rings. The lowest BCUT2D eigenvalue weighted by atomic mass is 10.2. The van der Waals surface area contributed by atoms with Crippen LogP contribution in [0.25, 0.3) is 0 Å². The third-order valence-electron chi connectivity index (χ3n) is 3.89. The molecule has 0 aromatic heterocycles. The van der Waals surface area contributed by atoms with Gasteiger partial charge in [-0.15, -0.1) is 0 Å². The van der Waals surface area contributed by atoms with Crippen LogP contribution in [0.2, 0.25) is 0 Å². The Bertz CT molecular complexity index is 585. The van der Waals surface area contributed by atoms with Crippen LogP contribution in [-0.2, 0) is 16.1 Å². The summed E-state index contributed by atoms with van der Waals surface area (Å²) >= 11 is 0. The molecule has 0 spiro atoms. The van der Waals surface area contributed by atoms with Crippen molar-refractivity contribution < 1.29 is 9.59 Å². The molecule has 0 heterocycles. The van der Waals surface area contributed by atoms with Crippen LogP contribution in [0.15, 0.2) is 35.3 Å². The summed E-state index contributed by atoms with van der Waals surface area (Å²) in [6.07, 6.45) is 0. The van der Waals surface area contributed by atoms with E-state index in [1.807, 2.05) is 51.1 Å². The molecule has 2 amide bonds. The predicted molar refractivity (Wildman–Crippen MR) is 105 cm³/mol. The number of amides is 2. The van der Waals surface area contributed by atoms with Crippen LogP contribution in [-0.4, -0.2) is 67.3 Å². The molecule has 0 saturated carbocycles. The van der Waals surface area contributed by atoms with Crippen molar-refractivity contribution in [3.8, 4) is 0 Å². The molecule has 1 aromatic carbocycles. The van der Waals surface area contributed by atoms with Crippen LogP contribution in [0.5, 0.6) is 0 Å². The van der Waals surface area contributed by atoms with Gasteiger partial charge in [0.15, 0.2) is 5.96 Å². The van der Waals surface area contributed by atoms with Gasteiger partial charge in [0.2, 0.25) is 11.8 Å². The van der Waals surface area contributed by atoms with Crippen LogP contribution >= 0.6 is 0 Å². The van der Waals surface area contributed by atoms with Gasteiger partial charge in [-0.25, -0.2) is 4.99 Å². The summed E-state index contributed by atoms with van der Waals surface area (Å²) in [5.74, 6) is 0.423. The van der Waals surface area contributed by atoms with E-state index >= 15 is 0 Å². The molecule has 0 bridgehead atoms. The van der Waals surface area contributed by atoms with E-state index in [1.165, 1.54) is 0 Å². The molecular formula is C19H31N5O2. The summed E-state index contributed by atoms with van der Waals surface area (Å²) in [4.78, 5) is 32.1. The quantitative estimate of drug-likeness (QED) is 0.509. The number of likely N-dealkylation sites (N-methyl/N-ethyl adjacent to an activating group) is 2. The van der Waals surface area contributed by atoms with Gasteiger partial charge in [-0.1, -0.05) is 30.3 Å². The zero-order valence-corrected chi connectivity index (χ0v) is 16.3. The minimum Gasteiger partial charge on any atom is -0.356 e. The number of hydrogen-bond donors (Lipinski definition) is 2. The molecule has 0 atom stereocenters. The van der Waals surface area contributed by atoms with Gasteiger partial charge in [0.25, 0.3) is 0 Å². The van der Waals surface area contributed by atoms with Gasteiger partial charge >= 0.3 is 0 Å². The molecule has 26 heavy (non-hydrogen) atoms. The average Bonchev–Trinajstić information content (AvgIpc) is 2.65. The molecule has 0 aliphatic heterocycles. The SMILES string of the molecule is CCNC(=NCC(=O)NCc1ccccc1)N(C)CC(=O)N(CC)CC. The smallest absolute Gasteiger partial charge is 0.242 e. The average molecular weight is 361 g/mol. The highest BCUT2D eigenvalue weighted by Gasteiger charge is 2.15. The Morgan fingerprint density at radius 1 is 1.04 bits per heavy atom. The number of nitrogens with one attached hydrogen (secondary N) is 2. The summed E-state index contributed by atoms with van der Waals surface area (Å²) in [5.41, 5.74) is 1.04. The largest absolute Gasteiger partial charge is 0.356 e. The number of hydrogen-bond acceptors (Lipinski definition) is 3. The molecule has 144 valence electrons. The molecule has 2 N–H and O–H groups in total. The van der Waals surface area contributed by atoms with Gasteiger partial charge in [-0.2, -0.15) is 0 Å². The highest BCUT2D eigenvalue weighted by atomic mass is 16.2. The highest BCUT2D eigenvalue weighted by molar-refractivity contribution is 5.88. The Morgan fingerprint density at radius 3 is 2.27 bits per heavy atom. The van der Waals surface area contributed by atoms with Crippen LogP contribution in [0, 0.1) is 0 Å². The fourth-order valence-electron chi connectivity index (χ4n) is 2.42. The number of aliphatic imine (C=N–C) groups is 1. The molecule has 0 unspecified atom stereocenters. The minimum atomic E-state index is -0.160. The van der Waals surface area contributed by atoms with E-state index < -0.39 is 0 Å². The lowest BCUT2D eigenvalue weighted by Crippen LogP contribution is -2.46. The van der Waals surface area contributed by atoms with E-state index in [0.29, 0.717) is 32.1 Å². The van der Waals surface area contributed by atoms with Crippen LogP contribution < -0.4 is 10.6 Å². The van der Waals surface area contributed by atoms with Crippen LogP contribution in [0.1, 0.15) is 26.3 Å². The zero-order chi connectivity index (χ0) is 19.4. The number of nitrogens with zero attached hydrogens (tertiary/aromatic N) is 3. The Balaban J connectivity index is 2.58. The third-order valence-corrected chi connectivity index (χ3v) is 3.89. The van der Waals surface area contributed by atoms with E-state index in [2.05, 4.69) is 15.6 Å². The second-order valence-electron chi connectivity index (χ2n) is 5.85. The molecule has 0 aliphatic carbocycles. The zero-order valence-electron chi connectivity index (χ0n) is 16.3. The molecule has 0 aliphatic rings. The first-order valence-corrected chi connectivity index (χ1v) is 9.09. The maximum Gasteiger partial charge on any atom is 0.242 e. The first-order chi connectivity index (χ1) is 12.5. The van der Waals surface area contributed by atoms with Gasteiger partial charge in [0.05, 0.1) is 6.54 Å². The van der Waals surface area contributed by atoms with E-state index in [4.69, 9.17) is 0 Å². The summed E-state index contributed by atoms with van der Waals surface area (Å²) in [5, 5.41) is 5.96. The normalized spacial score (nSPS) is 11.0. The summed E-state index contributed by atoms with van der Waals surface area (Å²) in [6, 6.07) is 9.73. The fourth-order valence-corrected chi connectivity index (χ4v) is 2.42. The topological polar surface area (TPSA) is 77.0 Å². The second kappa shape index (κ2) is 11.9. The maximum atomic E-state index is 12.2. The third kappa shape index (κ3) is 7.55. The highest BCUT2D eigenvalue weighted by Crippen LogP contribution is 1.97. The van der Waals surface area contributed by atoms with Crippen molar-refractivity contribution in [2.24, 2.45) is 4.99 Å². The van der Waals surface area contributed by atoms with Gasteiger partial charge in [-0.05, 0) is 26.3 Å². The molecular weight excluding hydrogens is 330 g/mol. The summed E-state index contributed by atoms with van der Waals surface area (Å²) in [7, 11) is 1.80. The summed E-state index contributed by atoms with van der Waals surface area (Å²) < 4.78 is 0. The van der Waals surface area contributed by atoms with Crippen LogP contribution in [0.4, 0.5) is 0 Å². The van der Waals surface area contributed by atoms with Crippen molar-refractivity contribution in [1.82, 2.24) is 20.4 Å². The molecule has 7 heteroatoms. The van der Waals surface area contributed by atoms with E-state index in [0.717, 1.165) is 5.56 Å². The first-order valence-electron chi connectivity index (χ1n) is 9.09. The summed E-state index contributed by atoms with van der Waals surface area (Å²) in [6.45, 7) is 8.59. The number of guanidine groups is 1. The predicted octanol–water partition coefficient (Wildman–Crippen LogP) is 1.07. The van der Waals surface area contributed by atoms with Crippen molar-refractivity contribution in [3.63, 3.8) is 0 Å². The molecule has 0 saturated heterocycles. The number of carbonyl (C=O) groups is 2. The Morgan fingerprint density at radius 2 is 1.69 bits per heavy atom. The van der Waals surface area contributed by atoms with Gasteiger partial charge in [-0.3, -0.25) is 9.59 Å². The van der Waals surface area contributed by atoms with Crippen LogP contribution in [0.3, 0.4) is 0 Å². The van der Waals surface area contributed by atoms with Gasteiger partial charge in [0.1, 0.15) is 6.54 Å². The van der Waals surface area contributed by atoms with E-state index in [-0.39, 0.29) is 24.9 Å². The number of benzene rings is 1. The monoisotopic (exact) mass is 361 g/mol. The van der Waals surface area contributed by atoms with Crippen molar-refractivity contribution in [2.75, 3.05) is 39.8 Å². The van der Waals surface area contributed by atoms with Crippen molar-refractivity contribution in [2.45, 2.75) is 27.3 Å². The van der Waals surface area contributed by atoms with Gasteiger partial charge < -0.3 is 20.4 Å². The number of carbonyl (C=O) groups excluding carboxylic acids is 2. The van der Waals surface area contributed by atoms with Crippen molar-refractivity contribution >= 4 is 17.8 Å². The minimum absolute atomic E-state index is 0.0129. The molecule has 7 nitrogen and oxygen atoms in total. The first kappa shape index (κ1) is 21.5. The van der Waals surface area contributed by atoms with Crippen molar-refractivity contribution in [1.29, 1.82) is 0 Å². The van der Waals surface area contributed by atoms with E-state index in [1.54, 1.807) is 16.8 Å². The van der Waals surface area contributed by atoms with Crippen molar-refractivity contribution in [3.05, 3.63) is 35.9 Å². The lowest BCUT2D eigenvalue weighted by molar-refractivity contribution is -0.131. The second-order valence-corrected chi connectivity index (χ2v) is 5.85. The molecule has 0 radical (unpaired) electrons. The fraction of sp³-hybridized carbons (Fsp3) is 0.526. The van der Waals surface area contributed by atoms with Gasteiger partial charge in [0, 0.05) is 33.2 Å². The Kier molecular flexibility index (Phi) is 9.82. The number of rotatable bonds is 9. The Hall–Kier alpha value is -2.57. The molecule has 1 aromatic rings. The maximum absolute atomic E-state index is 12.2. The standard InChI is InChI=1S/C19H31N5O2/c1-5-20-19(23(4)15-18(26)24(6-2)7-3)22-14-17(25)21-13-16-11-9-8-10-12-16/h8-12H,5-7,13-15H2,1-4H3,(H,20,22)(H,21,25). The Labute approximate surface area is 156 Å².